The van der Waals surface area contributed by atoms with Crippen LogP contribution < -0.4 is 5.32 Å². The molecule has 0 radical (unpaired) electrons. The minimum atomic E-state index is -0.391. The summed E-state index contributed by atoms with van der Waals surface area (Å²) in [5.41, 5.74) is 0.607. The Hall–Kier alpha value is -1.61. The molecule has 0 spiro atoms. The van der Waals surface area contributed by atoms with Crippen LogP contribution in [0.5, 0.6) is 0 Å². The summed E-state index contributed by atoms with van der Waals surface area (Å²) in [6.07, 6.45) is 7.20. The average molecular weight is 245 g/mol. The van der Waals surface area contributed by atoms with Crippen LogP contribution in [0.2, 0.25) is 0 Å². The van der Waals surface area contributed by atoms with E-state index < -0.39 is 5.54 Å². The molecule has 2 rings (SSSR count). The minimum Gasteiger partial charge on any atom is -0.394 e. The largest absolute Gasteiger partial charge is 0.394 e. The number of rotatable bonds is 4. The van der Waals surface area contributed by atoms with Crippen molar-refractivity contribution in [3.8, 4) is 0 Å². The topological polar surface area (TPSA) is 49.3 Å². The van der Waals surface area contributed by atoms with Crippen molar-refractivity contribution in [3.05, 3.63) is 42.0 Å². The molecule has 1 amide bonds. The molecule has 0 aromatic heterocycles. The predicted octanol–water partition coefficient (Wildman–Crippen LogP) is 2.12. The van der Waals surface area contributed by atoms with Gasteiger partial charge in [-0.2, -0.15) is 0 Å². The number of hydrogen-bond acceptors (Lipinski definition) is 2. The van der Waals surface area contributed by atoms with Crippen LogP contribution in [0.25, 0.3) is 6.08 Å². The summed E-state index contributed by atoms with van der Waals surface area (Å²) in [7, 11) is 0. The van der Waals surface area contributed by atoms with Crippen LogP contribution in [-0.2, 0) is 4.79 Å². The first kappa shape index (κ1) is 12.8. The van der Waals surface area contributed by atoms with E-state index in [0.29, 0.717) is 0 Å². The Morgan fingerprint density at radius 1 is 1.28 bits per heavy atom. The zero-order valence-electron chi connectivity index (χ0n) is 10.4. The summed E-state index contributed by atoms with van der Waals surface area (Å²) in [6, 6.07) is 9.70. The molecule has 2 N–H and O–H groups in total. The summed E-state index contributed by atoms with van der Waals surface area (Å²) in [5, 5.41) is 12.3. The van der Waals surface area contributed by atoms with Crippen molar-refractivity contribution in [2.45, 2.75) is 31.2 Å². The van der Waals surface area contributed by atoms with Gasteiger partial charge in [-0.1, -0.05) is 43.2 Å². The fourth-order valence-electron chi connectivity index (χ4n) is 2.41. The van der Waals surface area contributed by atoms with Gasteiger partial charge in [-0.05, 0) is 24.5 Å². The van der Waals surface area contributed by atoms with Crippen molar-refractivity contribution >= 4 is 12.0 Å². The Kier molecular flexibility index (Phi) is 4.15. The quantitative estimate of drug-likeness (QED) is 0.798. The summed E-state index contributed by atoms with van der Waals surface area (Å²) in [4.78, 5) is 11.8. The molecule has 1 aliphatic rings. The number of aliphatic hydroxyl groups is 1. The fourth-order valence-corrected chi connectivity index (χ4v) is 2.41. The van der Waals surface area contributed by atoms with Gasteiger partial charge >= 0.3 is 0 Å². The molecule has 96 valence electrons. The second-order valence-electron chi connectivity index (χ2n) is 4.88. The molecule has 3 nitrogen and oxygen atoms in total. The average Bonchev–Trinajstić information content (AvgIpc) is 2.87. The second-order valence-corrected chi connectivity index (χ2v) is 4.88. The number of amides is 1. The van der Waals surface area contributed by atoms with Crippen LogP contribution in [0.1, 0.15) is 31.2 Å². The van der Waals surface area contributed by atoms with Gasteiger partial charge in [0.05, 0.1) is 12.1 Å². The molecule has 1 aromatic carbocycles. The number of hydrogen-bond donors (Lipinski definition) is 2. The Morgan fingerprint density at radius 2 is 1.94 bits per heavy atom. The third-order valence-corrected chi connectivity index (χ3v) is 3.48. The normalized spacial score (nSPS) is 18.1. The first-order chi connectivity index (χ1) is 8.74. The Bertz CT molecular complexity index is 419. The smallest absolute Gasteiger partial charge is 0.244 e. The maximum Gasteiger partial charge on any atom is 0.244 e. The third kappa shape index (κ3) is 3.20. The van der Waals surface area contributed by atoms with Gasteiger partial charge in [0.15, 0.2) is 0 Å². The van der Waals surface area contributed by atoms with Gasteiger partial charge < -0.3 is 10.4 Å². The Labute approximate surface area is 108 Å². The van der Waals surface area contributed by atoms with E-state index in [2.05, 4.69) is 5.32 Å². The molecule has 18 heavy (non-hydrogen) atoms. The fraction of sp³-hybridized carbons (Fsp3) is 0.400. The van der Waals surface area contributed by atoms with E-state index in [1.807, 2.05) is 30.3 Å². The van der Waals surface area contributed by atoms with Gasteiger partial charge in [-0.25, -0.2) is 0 Å². The predicted molar refractivity (Wildman–Crippen MR) is 71.9 cm³/mol. The lowest BCUT2D eigenvalue weighted by atomic mass is 9.99. The molecule has 1 aliphatic carbocycles. The number of aliphatic hydroxyl groups excluding tert-OH is 1. The van der Waals surface area contributed by atoms with Crippen molar-refractivity contribution in [3.63, 3.8) is 0 Å². The maximum atomic E-state index is 11.8. The van der Waals surface area contributed by atoms with Gasteiger partial charge in [-0.3, -0.25) is 4.79 Å². The highest BCUT2D eigenvalue weighted by Gasteiger charge is 2.33. The highest BCUT2D eigenvalue weighted by molar-refractivity contribution is 5.92. The van der Waals surface area contributed by atoms with Crippen LogP contribution >= 0.6 is 0 Å². The van der Waals surface area contributed by atoms with Crippen molar-refractivity contribution in [2.75, 3.05) is 6.61 Å². The van der Waals surface area contributed by atoms with Gasteiger partial charge in [0.2, 0.25) is 5.91 Å². The highest BCUT2D eigenvalue weighted by Crippen LogP contribution is 2.28. The lowest BCUT2D eigenvalue weighted by Gasteiger charge is -2.27. The lowest BCUT2D eigenvalue weighted by molar-refractivity contribution is -0.118. The van der Waals surface area contributed by atoms with E-state index in [1.165, 1.54) is 6.08 Å². The summed E-state index contributed by atoms with van der Waals surface area (Å²) in [6.45, 7) is 0.0257. The van der Waals surface area contributed by atoms with E-state index in [-0.39, 0.29) is 12.5 Å². The molecule has 0 atom stereocenters. The minimum absolute atomic E-state index is 0.0257. The van der Waals surface area contributed by atoms with E-state index >= 15 is 0 Å². The zero-order valence-corrected chi connectivity index (χ0v) is 10.4. The zero-order chi connectivity index (χ0) is 12.8. The van der Waals surface area contributed by atoms with Crippen LogP contribution in [0, 0.1) is 0 Å². The Morgan fingerprint density at radius 3 is 2.56 bits per heavy atom. The number of carbonyl (C=O) groups excluding carboxylic acids is 1. The van der Waals surface area contributed by atoms with E-state index in [9.17, 15) is 9.90 Å². The second kappa shape index (κ2) is 5.83. The third-order valence-electron chi connectivity index (χ3n) is 3.48. The standard InChI is InChI=1S/C15H19NO2/c17-12-15(10-4-5-11-15)16-14(18)9-8-13-6-2-1-3-7-13/h1-3,6-9,17H,4-5,10-12H2,(H,16,18). The molecular weight excluding hydrogens is 226 g/mol. The van der Waals surface area contributed by atoms with Gasteiger partial charge in [-0.15, -0.1) is 0 Å². The van der Waals surface area contributed by atoms with Crippen molar-refractivity contribution in [1.82, 2.24) is 5.32 Å². The first-order valence-electron chi connectivity index (χ1n) is 6.40. The van der Waals surface area contributed by atoms with Gasteiger partial charge in [0.25, 0.3) is 0 Å². The van der Waals surface area contributed by atoms with E-state index in [1.54, 1.807) is 6.08 Å². The van der Waals surface area contributed by atoms with Crippen molar-refractivity contribution < 1.29 is 9.90 Å². The Balaban J connectivity index is 1.94. The SMILES string of the molecule is O=C(C=Cc1ccccc1)NC1(CO)CCCC1. The number of nitrogens with one attached hydrogen (secondary N) is 1. The maximum absolute atomic E-state index is 11.8. The van der Waals surface area contributed by atoms with Gasteiger partial charge in [0, 0.05) is 6.08 Å². The molecule has 3 heteroatoms. The molecule has 1 fully saturated rings. The van der Waals surface area contributed by atoms with Crippen LogP contribution in [0.15, 0.2) is 36.4 Å². The highest BCUT2D eigenvalue weighted by atomic mass is 16.3. The van der Waals surface area contributed by atoms with Crippen molar-refractivity contribution in [1.29, 1.82) is 0 Å². The van der Waals surface area contributed by atoms with Crippen LogP contribution in [0.3, 0.4) is 0 Å². The summed E-state index contributed by atoms with van der Waals surface area (Å²) in [5.74, 6) is -0.130. The van der Waals surface area contributed by atoms with E-state index in [4.69, 9.17) is 0 Å². The molecular formula is C15H19NO2. The van der Waals surface area contributed by atoms with Crippen LogP contribution in [0.4, 0.5) is 0 Å². The molecule has 0 heterocycles. The van der Waals surface area contributed by atoms with Crippen LogP contribution in [-0.4, -0.2) is 23.2 Å². The number of benzene rings is 1. The molecule has 0 aliphatic heterocycles. The molecule has 0 unspecified atom stereocenters. The van der Waals surface area contributed by atoms with E-state index in [0.717, 1.165) is 31.2 Å². The monoisotopic (exact) mass is 245 g/mol. The number of carbonyl (C=O) groups is 1. The van der Waals surface area contributed by atoms with Crippen molar-refractivity contribution in [2.24, 2.45) is 0 Å². The first-order valence-corrected chi connectivity index (χ1v) is 6.40. The summed E-state index contributed by atoms with van der Waals surface area (Å²) >= 11 is 0. The lowest BCUT2D eigenvalue weighted by Crippen LogP contribution is -2.48. The molecule has 1 saturated carbocycles. The molecule has 1 aromatic rings. The molecule has 0 saturated heterocycles. The summed E-state index contributed by atoms with van der Waals surface area (Å²) < 4.78 is 0. The van der Waals surface area contributed by atoms with Gasteiger partial charge in [0.1, 0.15) is 0 Å². The molecule has 0 bridgehead atoms.